The largest absolute Gasteiger partial charge is 0.484 e. The van der Waals surface area contributed by atoms with Crippen molar-refractivity contribution in [3.05, 3.63) is 83.6 Å². The summed E-state index contributed by atoms with van der Waals surface area (Å²) in [4.78, 5) is 11.9. The lowest BCUT2D eigenvalue weighted by Crippen LogP contribution is -2.20. The fourth-order valence-corrected chi connectivity index (χ4v) is 2.47. The van der Waals surface area contributed by atoms with E-state index in [-0.39, 0.29) is 17.5 Å². The van der Waals surface area contributed by atoms with Crippen molar-refractivity contribution in [2.45, 2.75) is 0 Å². The van der Waals surface area contributed by atoms with E-state index in [1.54, 1.807) is 0 Å². The zero-order valence-corrected chi connectivity index (χ0v) is 14.0. The number of benzene rings is 3. The molecule has 25 heavy (non-hydrogen) atoms. The van der Waals surface area contributed by atoms with Gasteiger partial charge in [-0.05, 0) is 41.5 Å². The van der Waals surface area contributed by atoms with Gasteiger partial charge in [-0.2, -0.15) is 0 Å². The molecule has 0 saturated carbocycles. The van der Waals surface area contributed by atoms with Crippen molar-refractivity contribution in [1.29, 1.82) is 0 Å². The summed E-state index contributed by atoms with van der Waals surface area (Å²) in [7, 11) is 0. The molecule has 0 bridgehead atoms. The van der Waals surface area contributed by atoms with Crippen molar-refractivity contribution in [3.8, 4) is 16.9 Å². The average Bonchev–Trinajstić information content (AvgIpc) is 2.64. The molecule has 126 valence electrons. The van der Waals surface area contributed by atoms with Gasteiger partial charge in [-0.3, -0.25) is 4.79 Å². The fourth-order valence-electron chi connectivity index (χ4n) is 2.29. The van der Waals surface area contributed by atoms with Gasteiger partial charge in [0.25, 0.3) is 5.91 Å². The lowest BCUT2D eigenvalue weighted by molar-refractivity contribution is -0.118. The van der Waals surface area contributed by atoms with Gasteiger partial charge >= 0.3 is 0 Å². The Morgan fingerprint density at radius 1 is 0.960 bits per heavy atom. The first-order chi connectivity index (χ1) is 12.1. The third-order valence-corrected chi connectivity index (χ3v) is 3.82. The summed E-state index contributed by atoms with van der Waals surface area (Å²) in [5.74, 6) is -0.295. The quantitative estimate of drug-likeness (QED) is 0.686. The molecular weight excluding hydrogens is 341 g/mol. The van der Waals surface area contributed by atoms with Crippen molar-refractivity contribution in [2.75, 3.05) is 11.9 Å². The number of rotatable bonds is 5. The Bertz CT molecular complexity index is 867. The fraction of sp³-hybridized carbons (Fsp3) is 0.0500. The second-order valence-electron chi connectivity index (χ2n) is 5.36. The maximum atomic E-state index is 13.1. The Kier molecular flexibility index (Phi) is 5.31. The second-order valence-corrected chi connectivity index (χ2v) is 5.76. The maximum absolute atomic E-state index is 13.1. The molecule has 0 aliphatic carbocycles. The van der Waals surface area contributed by atoms with E-state index in [0.717, 1.165) is 11.1 Å². The molecule has 0 radical (unpaired) electrons. The lowest BCUT2D eigenvalue weighted by Gasteiger charge is -2.09. The molecule has 0 atom stereocenters. The smallest absolute Gasteiger partial charge is 0.262 e. The zero-order chi connectivity index (χ0) is 17.6. The van der Waals surface area contributed by atoms with E-state index in [4.69, 9.17) is 16.3 Å². The molecule has 0 saturated heterocycles. The molecular formula is C20H15ClFNO2. The zero-order valence-electron chi connectivity index (χ0n) is 13.2. The highest BCUT2D eigenvalue weighted by Crippen LogP contribution is 2.22. The van der Waals surface area contributed by atoms with E-state index in [0.29, 0.717) is 11.4 Å². The van der Waals surface area contributed by atoms with Crippen LogP contribution in [-0.4, -0.2) is 12.5 Å². The molecule has 1 amide bonds. The Balaban J connectivity index is 1.56. The number of hydrogen-bond donors (Lipinski definition) is 1. The van der Waals surface area contributed by atoms with Crippen LogP contribution < -0.4 is 10.1 Å². The first-order valence-corrected chi connectivity index (χ1v) is 8.03. The van der Waals surface area contributed by atoms with Crippen molar-refractivity contribution in [3.63, 3.8) is 0 Å². The van der Waals surface area contributed by atoms with Gasteiger partial charge in [-0.1, -0.05) is 54.1 Å². The Morgan fingerprint density at radius 3 is 2.32 bits per heavy atom. The van der Waals surface area contributed by atoms with Gasteiger partial charge in [0.2, 0.25) is 0 Å². The van der Waals surface area contributed by atoms with E-state index < -0.39 is 5.82 Å². The van der Waals surface area contributed by atoms with Gasteiger partial charge in [0.15, 0.2) is 6.61 Å². The summed E-state index contributed by atoms with van der Waals surface area (Å²) < 4.78 is 18.6. The normalized spacial score (nSPS) is 10.3. The van der Waals surface area contributed by atoms with Crippen molar-refractivity contribution >= 4 is 23.2 Å². The van der Waals surface area contributed by atoms with Crippen LogP contribution in [0.15, 0.2) is 72.8 Å². The molecule has 3 aromatic rings. The predicted molar refractivity (Wildman–Crippen MR) is 97.4 cm³/mol. The monoisotopic (exact) mass is 355 g/mol. The van der Waals surface area contributed by atoms with Gasteiger partial charge in [0, 0.05) is 5.69 Å². The molecule has 0 aliphatic rings. The second kappa shape index (κ2) is 7.81. The number of carbonyl (C=O) groups is 1. The number of anilines is 1. The van der Waals surface area contributed by atoms with Crippen LogP contribution in [0.25, 0.3) is 11.1 Å². The van der Waals surface area contributed by atoms with E-state index in [9.17, 15) is 9.18 Å². The summed E-state index contributed by atoms with van der Waals surface area (Å²) in [5.41, 5.74) is 2.60. The lowest BCUT2D eigenvalue weighted by atomic mass is 10.1. The summed E-state index contributed by atoms with van der Waals surface area (Å²) in [6.45, 7) is -0.153. The minimum absolute atomic E-state index is 0.0461. The third kappa shape index (κ3) is 4.58. The molecule has 1 N–H and O–H groups in total. The van der Waals surface area contributed by atoms with Crippen LogP contribution in [0.5, 0.6) is 5.75 Å². The van der Waals surface area contributed by atoms with Crippen molar-refractivity contribution in [1.82, 2.24) is 0 Å². The first-order valence-electron chi connectivity index (χ1n) is 7.65. The van der Waals surface area contributed by atoms with Gasteiger partial charge in [0.05, 0.1) is 5.02 Å². The minimum atomic E-state index is -0.533. The summed E-state index contributed by atoms with van der Waals surface area (Å²) >= 11 is 5.68. The predicted octanol–water partition coefficient (Wildman–Crippen LogP) is 5.16. The number of amides is 1. The van der Waals surface area contributed by atoms with E-state index >= 15 is 0 Å². The molecule has 0 aliphatic heterocycles. The molecule has 0 aromatic heterocycles. The molecule has 0 spiro atoms. The van der Waals surface area contributed by atoms with Crippen LogP contribution in [0, 0.1) is 5.82 Å². The van der Waals surface area contributed by atoms with Crippen LogP contribution in [-0.2, 0) is 4.79 Å². The Hall–Kier alpha value is -2.85. The van der Waals surface area contributed by atoms with Crippen molar-refractivity contribution < 1.29 is 13.9 Å². The van der Waals surface area contributed by atoms with Gasteiger partial charge < -0.3 is 10.1 Å². The van der Waals surface area contributed by atoms with Crippen LogP contribution in [0.1, 0.15) is 0 Å². The molecule has 3 aromatic carbocycles. The molecule has 0 unspecified atom stereocenters. The first kappa shape index (κ1) is 17.0. The van der Waals surface area contributed by atoms with Crippen molar-refractivity contribution in [2.24, 2.45) is 0 Å². The number of ether oxygens (including phenoxy) is 1. The maximum Gasteiger partial charge on any atom is 0.262 e. The Labute approximate surface area is 150 Å². The molecule has 0 heterocycles. The van der Waals surface area contributed by atoms with Gasteiger partial charge in [0.1, 0.15) is 11.6 Å². The molecule has 5 heteroatoms. The van der Waals surface area contributed by atoms with E-state index in [1.165, 1.54) is 18.2 Å². The third-order valence-electron chi connectivity index (χ3n) is 3.53. The minimum Gasteiger partial charge on any atom is -0.484 e. The highest BCUT2D eigenvalue weighted by molar-refractivity contribution is 6.31. The van der Waals surface area contributed by atoms with Gasteiger partial charge in [-0.15, -0.1) is 0 Å². The average molecular weight is 356 g/mol. The standard InChI is InChI=1S/C20H15ClFNO2/c21-18-12-16(8-11-19(18)22)23-20(24)13-25-17-9-6-15(7-10-17)14-4-2-1-3-5-14/h1-12H,13H2,(H,23,24). The van der Waals surface area contributed by atoms with Crippen LogP contribution in [0.4, 0.5) is 10.1 Å². The molecule has 3 nitrogen and oxygen atoms in total. The van der Waals surface area contributed by atoms with Crippen LogP contribution in [0.2, 0.25) is 5.02 Å². The number of halogens is 2. The summed E-state index contributed by atoms with van der Waals surface area (Å²) in [6.07, 6.45) is 0. The summed E-state index contributed by atoms with van der Waals surface area (Å²) in [6, 6.07) is 21.4. The molecule has 0 fully saturated rings. The highest BCUT2D eigenvalue weighted by atomic mass is 35.5. The topological polar surface area (TPSA) is 38.3 Å². The van der Waals surface area contributed by atoms with Gasteiger partial charge in [-0.25, -0.2) is 4.39 Å². The highest BCUT2D eigenvalue weighted by Gasteiger charge is 2.06. The van der Waals surface area contributed by atoms with Crippen LogP contribution >= 0.6 is 11.6 Å². The van der Waals surface area contributed by atoms with Crippen LogP contribution in [0.3, 0.4) is 0 Å². The number of carbonyl (C=O) groups excluding carboxylic acids is 1. The SMILES string of the molecule is O=C(COc1ccc(-c2ccccc2)cc1)Nc1ccc(F)c(Cl)c1. The van der Waals surface area contributed by atoms with E-state index in [2.05, 4.69) is 5.32 Å². The molecule has 3 rings (SSSR count). The number of nitrogens with one attached hydrogen (secondary N) is 1. The Morgan fingerprint density at radius 2 is 1.64 bits per heavy atom. The van der Waals surface area contributed by atoms with E-state index in [1.807, 2.05) is 54.6 Å². The summed E-state index contributed by atoms with van der Waals surface area (Å²) in [5, 5.41) is 2.56. The number of hydrogen-bond acceptors (Lipinski definition) is 2.